The van der Waals surface area contributed by atoms with Gasteiger partial charge in [-0.1, -0.05) is 0 Å². The van der Waals surface area contributed by atoms with Gasteiger partial charge in [0.15, 0.2) is 12.2 Å². The van der Waals surface area contributed by atoms with E-state index in [2.05, 4.69) is 4.98 Å². The Morgan fingerprint density at radius 2 is 2.12 bits per heavy atom. The van der Waals surface area contributed by atoms with Gasteiger partial charge in [0.2, 0.25) is 0 Å². The molecule has 0 saturated carbocycles. The first-order valence-electron chi connectivity index (χ1n) is 4.59. The summed E-state index contributed by atoms with van der Waals surface area (Å²) in [5.41, 5.74) is 0.229. The summed E-state index contributed by atoms with van der Waals surface area (Å²) in [5.74, 6) is 0.241. The molecule has 5 heteroatoms. The third-order valence-corrected chi connectivity index (χ3v) is 1.97. The number of hydrogen-bond acceptors (Lipinski definition) is 4. The maximum atomic E-state index is 10.6. The first-order chi connectivity index (χ1) is 7.75. The zero-order valence-electron chi connectivity index (χ0n) is 8.29. The number of benzene rings is 1. The van der Waals surface area contributed by atoms with Crippen molar-refractivity contribution in [2.45, 2.75) is 6.61 Å². The molecule has 1 aromatic heterocycles. The molecule has 0 saturated heterocycles. The maximum absolute atomic E-state index is 10.6. The summed E-state index contributed by atoms with van der Waals surface area (Å²) in [6.45, 7) is 0.270. The van der Waals surface area contributed by atoms with Gasteiger partial charge in [-0.25, -0.2) is 9.78 Å². The Hall–Kier alpha value is -2.30. The highest BCUT2D eigenvalue weighted by Gasteiger charge is 2.03. The monoisotopic (exact) mass is 219 g/mol. The van der Waals surface area contributed by atoms with Crippen molar-refractivity contribution in [3.63, 3.8) is 0 Å². The zero-order chi connectivity index (χ0) is 11.4. The molecule has 0 atom stereocenters. The molecule has 82 valence electrons. The number of nitrogens with zero attached hydrogens (tertiary/aromatic N) is 1. The lowest BCUT2D eigenvalue weighted by atomic mass is 10.2. The second-order valence-electron chi connectivity index (χ2n) is 3.09. The lowest BCUT2D eigenvalue weighted by molar-refractivity contribution is 0.0697. The standard InChI is InChI=1S/C11H9NO4/c13-11(14)8-1-3-9(4-2-8)15-6-10-5-12-7-16-10/h1-5,7H,6H2,(H,13,14). The number of oxazole rings is 1. The lowest BCUT2D eigenvalue weighted by Crippen LogP contribution is -1.97. The molecule has 0 radical (unpaired) electrons. The number of carboxylic acids is 1. The van der Waals surface area contributed by atoms with E-state index in [-0.39, 0.29) is 12.2 Å². The molecule has 16 heavy (non-hydrogen) atoms. The van der Waals surface area contributed by atoms with Crippen LogP contribution in [-0.4, -0.2) is 16.1 Å². The second kappa shape index (κ2) is 4.48. The molecular weight excluding hydrogens is 210 g/mol. The molecule has 0 aliphatic rings. The van der Waals surface area contributed by atoms with Crippen molar-refractivity contribution >= 4 is 5.97 Å². The largest absolute Gasteiger partial charge is 0.486 e. The molecule has 0 spiro atoms. The summed E-state index contributed by atoms with van der Waals surface area (Å²) < 4.78 is 10.3. The van der Waals surface area contributed by atoms with Crippen LogP contribution in [0.25, 0.3) is 0 Å². The quantitative estimate of drug-likeness (QED) is 0.850. The third kappa shape index (κ3) is 2.38. The normalized spacial score (nSPS) is 10.0. The fourth-order valence-corrected chi connectivity index (χ4v) is 1.16. The van der Waals surface area contributed by atoms with E-state index in [0.717, 1.165) is 0 Å². The predicted octanol–water partition coefficient (Wildman–Crippen LogP) is 1.95. The second-order valence-corrected chi connectivity index (χ2v) is 3.09. The Morgan fingerprint density at radius 3 is 2.69 bits per heavy atom. The van der Waals surface area contributed by atoms with Gasteiger partial charge in [0, 0.05) is 0 Å². The number of ether oxygens (including phenoxy) is 1. The maximum Gasteiger partial charge on any atom is 0.335 e. The smallest absolute Gasteiger partial charge is 0.335 e. The van der Waals surface area contributed by atoms with Gasteiger partial charge in [-0.2, -0.15) is 0 Å². The van der Waals surface area contributed by atoms with Crippen LogP contribution in [0.1, 0.15) is 16.1 Å². The summed E-state index contributed by atoms with van der Waals surface area (Å²) in [5, 5.41) is 8.69. The average Bonchev–Trinajstić information content (AvgIpc) is 2.80. The van der Waals surface area contributed by atoms with E-state index in [0.29, 0.717) is 11.5 Å². The van der Waals surface area contributed by atoms with Gasteiger partial charge in [0.1, 0.15) is 12.4 Å². The van der Waals surface area contributed by atoms with E-state index in [1.807, 2.05) is 0 Å². The molecule has 1 heterocycles. The Bertz CT molecular complexity index is 461. The molecular formula is C11H9NO4. The van der Waals surface area contributed by atoms with Crippen molar-refractivity contribution < 1.29 is 19.1 Å². The van der Waals surface area contributed by atoms with Gasteiger partial charge >= 0.3 is 5.97 Å². The third-order valence-electron chi connectivity index (χ3n) is 1.97. The van der Waals surface area contributed by atoms with Crippen LogP contribution in [0.5, 0.6) is 5.75 Å². The van der Waals surface area contributed by atoms with E-state index >= 15 is 0 Å². The minimum absolute atomic E-state index is 0.229. The van der Waals surface area contributed by atoms with Gasteiger partial charge < -0.3 is 14.3 Å². The number of aromatic nitrogens is 1. The molecule has 0 bridgehead atoms. The predicted molar refractivity (Wildman–Crippen MR) is 54.2 cm³/mol. The molecule has 2 aromatic rings. The van der Waals surface area contributed by atoms with Crippen molar-refractivity contribution in [1.82, 2.24) is 4.98 Å². The number of rotatable bonds is 4. The highest BCUT2D eigenvalue weighted by molar-refractivity contribution is 5.87. The SMILES string of the molecule is O=C(O)c1ccc(OCc2cnco2)cc1. The molecule has 5 nitrogen and oxygen atoms in total. The van der Waals surface area contributed by atoms with E-state index < -0.39 is 5.97 Å². The lowest BCUT2D eigenvalue weighted by Gasteiger charge is -2.03. The van der Waals surface area contributed by atoms with E-state index in [4.69, 9.17) is 14.3 Å². The summed E-state index contributed by atoms with van der Waals surface area (Å²) in [7, 11) is 0. The van der Waals surface area contributed by atoms with Gasteiger partial charge in [-0.05, 0) is 24.3 Å². The van der Waals surface area contributed by atoms with Gasteiger partial charge in [-0.3, -0.25) is 0 Å². The van der Waals surface area contributed by atoms with Crippen molar-refractivity contribution in [3.8, 4) is 5.75 Å². The molecule has 1 aromatic carbocycles. The zero-order valence-corrected chi connectivity index (χ0v) is 8.29. The van der Waals surface area contributed by atoms with Gasteiger partial charge in [0.25, 0.3) is 0 Å². The van der Waals surface area contributed by atoms with Crippen LogP contribution in [0.2, 0.25) is 0 Å². The molecule has 0 aliphatic carbocycles. The Labute approximate surface area is 91.3 Å². The fraction of sp³-hybridized carbons (Fsp3) is 0.0909. The number of carbonyl (C=O) groups is 1. The summed E-state index contributed by atoms with van der Waals surface area (Å²) in [4.78, 5) is 14.3. The Balaban J connectivity index is 1.98. The average molecular weight is 219 g/mol. The Kier molecular flexibility index (Phi) is 2.86. The summed E-state index contributed by atoms with van der Waals surface area (Å²) in [6.07, 6.45) is 2.89. The van der Waals surface area contributed by atoms with Gasteiger partial charge in [0.05, 0.1) is 11.8 Å². The van der Waals surface area contributed by atoms with Crippen LogP contribution in [0.15, 0.2) is 41.3 Å². The molecule has 0 unspecified atom stereocenters. The number of carboxylic acid groups (broad SMARTS) is 1. The molecule has 0 fully saturated rings. The van der Waals surface area contributed by atoms with Crippen molar-refractivity contribution in [2.24, 2.45) is 0 Å². The van der Waals surface area contributed by atoms with Crippen LogP contribution in [0.3, 0.4) is 0 Å². The van der Waals surface area contributed by atoms with Crippen LogP contribution < -0.4 is 4.74 Å². The highest BCUT2D eigenvalue weighted by Crippen LogP contribution is 2.13. The van der Waals surface area contributed by atoms with Crippen LogP contribution in [-0.2, 0) is 6.61 Å². The van der Waals surface area contributed by atoms with E-state index in [1.165, 1.54) is 18.5 Å². The van der Waals surface area contributed by atoms with E-state index in [9.17, 15) is 4.79 Å². The molecule has 0 amide bonds. The highest BCUT2D eigenvalue weighted by atomic mass is 16.5. The summed E-state index contributed by atoms with van der Waals surface area (Å²) >= 11 is 0. The van der Waals surface area contributed by atoms with Crippen molar-refractivity contribution in [3.05, 3.63) is 48.2 Å². The number of hydrogen-bond donors (Lipinski definition) is 1. The fourth-order valence-electron chi connectivity index (χ4n) is 1.16. The van der Waals surface area contributed by atoms with Crippen LogP contribution in [0.4, 0.5) is 0 Å². The molecule has 0 aliphatic heterocycles. The molecule has 2 rings (SSSR count). The summed E-state index contributed by atoms with van der Waals surface area (Å²) in [6, 6.07) is 6.16. The topological polar surface area (TPSA) is 72.6 Å². The first kappa shape index (κ1) is 10.2. The van der Waals surface area contributed by atoms with Gasteiger partial charge in [-0.15, -0.1) is 0 Å². The van der Waals surface area contributed by atoms with E-state index in [1.54, 1.807) is 18.3 Å². The Morgan fingerprint density at radius 1 is 1.38 bits per heavy atom. The van der Waals surface area contributed by atoms with Crippen LogP contribution in [0, 0.1) is 0 Å². The number of aromatic carboxylic acids is 1. The first-order valence-corrected chi connectivity index (χ1v) is 4.59. The minimum atomic E-state index is -0.957. The van der Waals surface area contributed by atoms with Crippen molar-refractivity contribution in [2.75, 3.05) is 0 Å². The molecule has 1 N–H and O–H groups in total. The minimum Gasteiger partial charge on any atom is -0.486 e. The van der Waals surface area contributed by atoms with Crippen LogP contribution >= 0.6 is 0 Å². The van der Waals surface area contributed by atoms with Crippen molar-refractivity contribution in [1.29, 1.82) is 0 Å².